The average molecular weight is 380 g/mol. The number of aromatic nitrogens is 2. The second kappa shape index (κ2) is 7.30. The zero-order valence-electron chi connectivity index (χ0n) is 14.7. The van der Waals surface area contributed by atoms with Crippen LogP contribution >= 0.6 is 22.9 Å². The van der Waals surface area contributed by atoms with Crippen molar-refractivity contribution in [2.45, 2.75) is 45.1 Å². The smallest absolute Gasteiger partial charge is 0.410 e. The SMILES string of the molecule is CC(C)(C)OC(=O)N1CCC(c2csc(-c3ccncc3Cl)n2)CC1. The Bertz CT molecular complexity index is 749. The molecule has 7 heteroatoms. The summed E-state index contributed by atoms with van der Waals surface area (Å²) in [7, 11) is 0. The molecular weight excluding hydrogens is 358 g/mol. The van der Waals surface area contributed by atoms with E-state index in [0.29, 0.717) is 24.0 Å². The Morgan fingerprint density at radius 2 is 2.08 bits per heavy atom. The Morgan fingerprint density at radius 1 is 1.36 bits per heavy atom. The normalized spacial score (nSPS) is 16.1. The van der Waals surface area contributed by atoms with Gasteiger partial charge >= 0.3 is 6.09 Å². The average Bonchev–Trinajstić information content (AvgIpc) is 3.03. The van der Waals surface area contributed by atoms with Gasteiger partial charge in [0.15, 0.2) is 0 Å². The largest absolute Gasteiger partial charge is 0.444 e. The quantitative estimate of drug-likeness (QED) is 0.738. The van der Waals surface area contributed by atoms with E-state index in [1.165, 1.54) is 0 Å². The molecule has 0 aliphatic carbocycles. The van der Waals surface area contributed by atoms with Gasteiger partial charge in [-0.1, -0.05) is 11.6 Å². The number of hydrogen-bond acceptors (Lipinski definition) is 5. The lowest BCUT2D eigenvalue weighted by Crippen LogP contribution is -2.41. The molecule has 0 saturated carbocycles. The molecule has 1 saturated heterocycles. The molecule has 3 rings (SSSR count). The predicted octanol–water partition coefficient (Wildman–Crippen LogP) is 4.97. The maximum Gasteiger partial charge on any atom is 0.410 e. The Labute approximate surface area is 157 Å². The van der Waals surface area contributed by atoms with E-state index in [9.17, 15) is 4.79 Å². The first kappa shape index (κ1) is 18.1. The van der Waals surface area contributed by atoms with Crippen molar-refractivity contribution in [2.75, 3.05) is 13.1 Å². The van der Waals surface area contributed by atoms with Crippen molar-refractivity contribution in [3.63, 3.8) is 0 Å². The van der Waals surface area contributed by atoms with Gasteiger partial charge in [0, 0.05) is 42.3 Å². The highest BCUT2D eigenvalue weighted by Gasteiger charge is 2.28. The molecule has 3 heterocycles. The number of nitrogens with zero attached hydrogens (tertiary/aromatic N) is 3. The molecule has 0 N–H and O–H groups in total. The molecule has 0 bridgehead atoms. The van der Waals surface area contributed by atoms with Crippen LogP contribution < -0.4 is 0 Å². The van der Waals surface area contributed by atoms with Gasteiger partial charge in [-0.25, -0.2) is 9.78 Å². The number of ether oxygens (including phenoxy) is 1. The third kappa shape index (κ3) is 4.50. The summed E-state index contributed by atoms with van der Waals surface area (Å²) in [5.41, 5.74) is 1.54. The summed E-state index contributed by atoms with van der Waals surface area (Å²) in [6, 6.07) is 1.88. The number of likely N-dealkylation sites (tertiary alicyclic amines) is 1. The number of pyridine rings is 1. The van der Waals surface area contributed by atoms with E-state index in [4.69, 9.17) is 21.3 Å². The second-order valence-electron chi connectivity index (χ2n) is 7.17. The Hall–Kier alpha value is -1.66. The number of rotatable bonds is 2. The van der Waals surface area contributed by atoms with Gasteiger partial charge in [-0.2, -0.15) is 0 Å². The summed E-state index contributed by atoms with van der Waals surface area (Å²) >= 11 is 7.80. The molecule has 0 radical (unpaired) electrons. The number of hydrogen-bond donors (Lipinski definition) is 0. The molecule has 1 amide bonds. The van der Waals surface area contributed by atoms with Gasteiger partial charge in [-0.15, -0.1) is 11.3 Å². The van der Waals surface area contributed by atoms with Crippen LogP contribution in [0.25, 0.3) is 10.6 Å². The lowest BCUT2D eigenvalue weighted by atomic mass is 9.94. The molecule has 134 valence electrons. The van der Waals surface area contributed by atoms with Crippen LogP contribution in [0.15, 0.2) is 23.8 Å². The lowest BCUT2D eigenvalue weighted by Gasteiger charge is -2.32. The minimum absolute atomic E-state index is 0.228. The third-order valence-corrected chi connectivity index (χ3v) is 5.28. The van der Waals surface area contributed by atoms with Gasteiger partial charge < -0.3 is 9.64 Å². The van der Waals surface area contributed by atoms with Crippen molar-refractivity contribution in [1.82, 2.24) is 14.9 Å². The van der Waals surface area contributed by atoms with Crippen molar-refractivity contribution in [1.29, 1.82) is 0 Å². The van der Waals surface area contributed by atoms with E-state index >= 15 is 0 Å². The molecule has 0 atom stereocenters. The van der Waals surface area contributed by atoms with Crippen LogP contribution in [0.5, 0.6) is 0 Å². The first-order valence-electron chi connectivity index (χ1n) is 8.37. The molecule has 5 nitrogen and oxygen atoms in total. The highest BCUT2D eigenvalue weighted by atomic mass is 35.5. The molecule has 1 fully saturated rings. The van der Waals surface area contributed by atoms with Crippen molar-refractivity contribution in [2.24, 2.45) is 0 Å². The maximum atomic E-state index is 12.2. The first-order valence-corrected chi connectivity index (χ1v) is 9.62. The van der Waals surface area contributed by atoms with Crippen LogP contribution in [-0.4, -0.2) is 39.7 Å². The molecular formula is C18H22ClN3O2S. The number of thiazole rings is 1. The standard InChI is InChI=1S/C18H22ClN3O2S/c1-18(2,3)24-17(23)22-8-5-12(6-9-22)15-11-25-16(21-15)13-4-7-20-10-14(13)19/h4,7,10-12H,5-6,8-9H2,1-3H3. The van der Waals surface area contributed by atoms with E-state index in [2.05, 4.69) is 10.4 Å². The topological polar surface area (TPSA) is 55.3 Å². The van der Waals surface area contributed by atoms with Crippen LogP contribution in [0.4, 0.5) is 4.79 Å². The molecule has 0 aromatic carbocycles. The molecule has 2 aromatic rings. The maximum absolute atomic E-state index is 12.2. The van der Waals surface area contributed by atoms with E-state index in [-0.39, 0.29) is 6.09 Å². The van der Waals surface area contributed by atoms with Crippen molar-refractivity contribution in [3.05, 3.63) is 34.6 Å². The van der Waals surface area contributed by atoms with Gasteiger partial charge in [0.2, 0.25) is 0 Å². The fraction of sp³-hybridized carbons (Fsp3) is 0.500. The van der Waals surface area contributed by atoms with Gasteiger partial charge in [-0.05, 0) is 39.7 Å². The van der Waals surface area contributed by atoms with E-state index < -0.39 is 5.60 Å². The zero-order chi connectivity index (χ0) is 18.0. The summed E-state index contributed by atoms with van der Waals surface area (Å²) in [4.78, 5) is 22.7. The molecule has 2 aromatic heterocycles. The zero-order valence-corrected chi connectivity index (χ0v) is 16.2. The molecule has 1 aliphatic rings. The van der Waals surface area contributed by atoms with Crippen LogP contribution in [0.3, 0.4) is 0 Å². The van der Waals surface area contributed by atoms with Gasteiger partial charge in [-0.3, -0.25) is 4.98 Å². The van der Waals surface area contributed by atoms with Crippen molar-refractivity contribution < 1.29 is 9.53 Å². The summed E-state index contributed by atoms with van der Waals surface area (Å²) in [6.07, 6.45) is 4.92. The molecule has 1 aliphatic heterocycles. The fourth-order valence-electron chi connectivity index (χ4n) is 2.83. The molecule has 25 heavy (non-hydrogen) atoms. The Morgan fingerprint density at radius 3 is 2.72 bits per heavy atom. The predicted molar refractivity (Wildman–Crippen MR) is 100 cm³/mol. The first-order chi connectivity index (χ1) is 11.8. The number of amides is 1. The highest BCUT2D eigenvalue weighted by molar-refractivity contribution is 7.13. The third-order valence-electron chi connectivity index (χ3n) is 4.09. The van der Waals surface area contributed by atoms with E-state index in [1.54, 1.807) is 28.6 Å². The summed E-state index contributed by atoms with van der Waals surface area (Å²) in [5, 5.41) is 3.63. The Kier molecular flexibility index (Phi) is 5.29. The lowest BCUT2D eigenvalue weighted by molar-refractivity contribution is 0.0204. The van der Waals surface area contributed by atoms with Crippen LogP contribution in [0.1, 0.15) is 45.2 Å². The second-order valence-corrected chi connectivity index (χ2v) is 8.44. The molecule has 0 spiro atoms. The monoisotopic (exact) mass is 379 g/mol. The van der Waals surface area contributed by atoms with Crippen molar-refractivity contribution in [3.8, 4) is 10.6 Å². The highest BCUT2D eigenvalue weighted by Crippen LogP contribution is 2.34. The summed E-state index contributed by atoms with van der Waals surface area (Å²) in [5.74, 6) is 0.365. The van der Waals surface area contributed by atoms with Gasteiger partial charge in [0.25, 0.3) is 0 Å². The number of halogens is 1. The van der Waals surface area contributed by atoms with Crippen LogP contribution in [-0.2, 0) is 4.74 Å². The van der Waals surface area contributed by atoms with Gasteiger partial charge in [0.05, 0.1) is 10.7 Å². The summed E-state index contributed by atoms with van der Waals surface area (Å²) < 4.78 is 5.45. The minimum Gasteiger partial charge on any atom is -0.444 e. The number of piperidine rings is 1. The fourth-order valence-corrected chi connectivity index (χ4v) is 4.04. The molecule has 0 unspecified atom stereocenters. The van der Waals surface area contributed by atoms with Crippen LogP contribution in [0.2, 0.25) is 5.02 Å². The summed E-state index contributed by atoms with van der Waals surface area (Å²) in [6.45, 7) is 7.06. The van der Waals surface area contributed by atoms with Crippen LogP contribution in [0, 0.1) is 0 Å². The van der Waals surface area contributed by atoms with E-state index in [1.807, 2.05) is 26.8 Å². The van der Waals surface area contributed by atoms with Crippen molar-refractivity contribution >= 4 is 29.0 Å². The van der Waals surface area contributed by atoms with Gasteiger partial charge in [0.1, 0.15) is 10.6 Å². The number of carbonyl (C=O) groups excluding carboxylic acids is 1. The van der Waals surface area contributed by atoms with E-state index in [0.717, 1.165) is 29.1 Å². The number of carbonyl (C=O) groups is 1. The minimum atomic E-state index is -0.457. The Balaban J connectivity index is 1.63.